The first kappa shape index (κ1) is 19.8. The quantitative estimate of drug-likeness (QED) is 0.752. The van der Waals surface area contributed by atoms with Crippen LogP contribution in [0.4, 0.5) is 11.6 Å². The molecule has 0 atom stereocenters. The SMILES string of the molecule is COCc1cc(=O)n(CC(=O)Nc2cccc(OC)c2)c(N2CCOCC2)n1. The van der Waals surface area contributed by atoms with Crippen molar-refractivity contribution in [2.45, 2.75) is 13.2 Å². The molecule has 9 heteroatoms. The third-order valence-electron chi connectivity index (χ3n) is 4.28. The van der Waals surface area contributed by atoms with E-state index in [0.29, 0.717) is 49.4 Å². The van der Waals surface area contributed by atoms with Gasteiger partial charge in [0.25, 0.3) is 5.56 Å². The highest BCUT2D eigenvalue weighted by molar-refractivity contribution is 5.90. The molecule has 1 aliphatic heterocycles. The Hall–Kier alpha value is -2.91. The van der Waals surface area contributed by atoms with E-state index in [4.69, 9.17) is 14.2 Å². The fourth-order valence-corrected chi connectivity index (χ4v) is 2.96. The highest BCUT2D eigenvalue weighted by Gasteiger charge is 2.20. The molecule has 1 fully saturated rings. The Bertz CT molecular complexity index is 877. The Labute approximate surface area is 162 Å². The van der Waals surface area contributed by atoms with E-state index in [0.717, 1.165) is 0 Å². The predicted molar refractivity (Wildman–Crippen MR) is 104 cm³/mol. The van der Waals surface area contributed by atoms with Crippen LogP contribution >= 0.6 is 0 Å². The Balaban J connectivity index is 1.84. The van der Waals surface area contributed by atoms with Gasteiger partial charge >= 0.3 is 0 Å². The fourth-order valence-electron chi connectivity index (χ4n) is 2.96. The summed E-state index contributed by atoms with van der Waals surface area (Å²) in [5, 5.41) is 2.79. The number of rotatable bonds is 7. The topological polar surface area (TPSA) is 94.9 Å². The summed E-state index contributed by atoms with van der Waals surface area (Å²) in [6, 6.07) is 8.43. The van der Waals surface area contributed by atoms with Crippen molar-refractivity contribution in [1.82, 2.24) is 9.55 Å². The molecule has 9 nitrogen and oxygen atoms in total. The van der Waals surface area contributed by atoms with Gasteiger partial charge in [0.05, 0.1) is 32.6 Å². The first-order valence-electron chi connectivity index (χ1n) is 8.97. The second-order valence-electron chi connectivity index (χ2n) is 6.28. The van der Waals surface area contributed by atoms with Gasteiger partial charge in [-0.2, -0.15) is 0 Å². The summed E-state index contributed by atoms with van der Waals surface area (Å²) < 4.78 is 17.0. The summed E-state index contributed by atoms with van der Waals surface area (Å²) >= 11 is 0. The van der Waals surface area contributed by atoms with Crippen LogP contribution in [-0.2, 0) is 27.4 Å². The molecule has 1 amide bonds. The molecule has 0 spiro atoms. The number of nitrogens with one attached hydrogen (secondary N) is 1. The summed E-state index contributed by atoms with van der Waals surface area (Å²) in [5.41, 5.74) is 0.817. The molecule has 0 aliphatic carbocycles. The maximum atomic E-state index is 12.7. The lowest BCUT2D eigenvalue weighted by molar-refractivity contribution is -0.116. The van der Waals surface area contributed by atoms with E-state index in [9.17, 15) is 9.59 Å². The van der Waals surface area contributed by atoms with Gasteiger partial charge in [-0.15, -0.1) is 0 Å². The Morgan fingerprint density at radius 1 is 1.25 bits per heavy atom. The average Bonchev–Trinajstić information content (AvgIpc) is 2.71. The van der Waals surface area contributed by atoms with Gasteiger partial charge in [-0.05, 0) is 12.1 Å². The number of carbonyl (C=O) groups excluding carboxylic acids is 1. The molecule has 1 aliphatic rings. The van der Waals surface area contributed by atoms with Gasteiger partial charge in [0.1, 0.15) is 12.3 Å². The predicted octanol–water partition coefficient (Wildman–Crippen LogP) is 0.874. The monoisotopic (exact) mass is 388 g/mol. The van der Waals surface area contributed by atoms with Gasteiger partial charge in [0.2, 0.25) is 11.9 Å². The Morgan fingerprint density at radius 2 is 2.04 bits per heavy atom. The smallest absolute Gasteiger partial charge is 0.255 e. The van der Waals surface area contributed by atoms with Crippen LogP contribution in [0.1, 0.15) is 5.69 Å². The normalized spacial score (nSPS) is 14.0. The molecule has 2 aromatic rings. The van der Waals surface area contributed by atoms with Crippen LogP contribution in [-0.4, -0.2) is 56.0 Å². The summed E-state index contributed by atoms with van der Waals surface area (Å²) in [5.74, 6) is 0.754. The van der Waals surface area contributed by atoms with Gasteiger partial charge in [0.15, 0.2) is 0 Å². The van der Waals surface area contributed by atoms with Crippen LogP contribution in [0.5, 0.6) is 5.75 Å². The van der Waals surface area contributed by atoms with Crippen molar-refractivity contribution in [3.63, 3.8) is 0 Å². The molecule has 2 heterocycles. The molecule has 1 aromatic heterocycles. The highest BCUT2D eigenvalue weighted by Crippen LogP contribution is 2.17. The van der Waals surface area contributed by atoms with Crippen LogP contribution in [0, 0.1) is 0 Å². The van der Waals surface area contributed by atoms with Crippen LogP contribution in [0.25, 0.3) is 0 Å². The van der Waals surface area contributed by atoms with Gasteiger partial charge in [-0.25, -0.2) is 4.98 Å². The van der Waals surface area contributed by atoms with Crippen LogP contribution in [0.15, 0.2) is 35.1 Å². The molecule has 0 bridgehead atoms. The Kier molecular flexibility index (Phi) is 6.62. The molecule has 1 saturated heterocycles. The maximum absolute atomic E-state index is 12.7. The number of anilines is 2. The lowest BCUT2D eigenvalue weighted by Gasteiger charge is -2.29. The zero-order valence-electron chi connectivity index (χ0n) is 16.0. The highest BCUT2D eigenvalue weighted by atomic mass is 16.5. The van der Waals surface area contributed by atoms with Crippen molar-refractivity contribution in [3.8, 4) is 5.75 Å². The number of morpholine rings is 1. The van der Waals surface area contributed by atoms with Crippen LogP contribution in [0.2, 0.25) is 0 Å². The van der Waals surface area contributed by atoms with Crippen molar-refractivity contribution in [3.05, 3.63) is 46.4 Å². The number of benzene rings is 1. The number of amides is 1. The molecule has 1 N–H and O–H groups in total. The lowest BCUT2D eigenvalue weighted by Crippen LogP contribution is -2.42. The van der Waals surface area contributed by atoms with Crippen molar-refractivity contribution >= 4 is 17.5 Å². The average molecular weight is 388 g/mol. The largest absolute Gasteiger partial charge is 0.497 e. The van der Waals surface area contributed by atoms with Gasteiger partial charge < -0.3 is 24.4 Å². The van der Waals surface area contributed by atoms with E-state index >= 15 is 0 Å². The lowest BCUT2D eigenvalue weighted by atomic mass is 10.3. The number of hydrogen-bond acceptors (Lipinski definition) is 7. The van der Waals surface area contributed by atoms with E-state index < -0.39 is 0 Å². The molecule has 3 rings (SSSR count). The number of ether oxygens (including phenoxy) is 3. The number of methoxy groups -OCH3 is 2. The summed E-state index contributed by atoms with van der Waals surface area (Å²) in [4.78, 5) is 31.7. The van der Waals surface area contributed by atoms with Gasteiger partial charge in [-0.3, -0.25) is 14.2 Å². The van der Waals surface area contributed by atoms with Crippen molar-refractivity contribution in [2.75, 3.05) is 50.7 Å². The minimum atomic E-state index is -0.328. The number of carbonyl (C=O) groups is 1. The molecule has 0 saturated carbocycles. The molecular formula is C19H24N4O5. The van der Waals surface area contributed by atoms with Crippen LogP contribution in [0.3, 0.4) is 0 Å². The second-order valence-corrected chi connectivity index (χ2v) is 6.28. The molecule has 150 valence electrons. The van der Waals surface area contributed by atoms with Gasteiger partial charge in [0, 0.05) is 38.0 Å². The van der Waals surface area contributed by atoms with E-state index in [1.165, 1.54) is 10.6 Å². The van der Waals surface area contributed by atoms with E-state index in [1.54, 1.807) is 38.5 Å². The third kappa shape index (κ3) is 4.87. The molecular weight excluding hydrogens is 364 g/mol. The van der Waals surface area contributed by atoms with E-state index in [-0.39, 0.29) is 24.6 Å². The Morgan fingerprint density at radius 3 is 2.75 bits per heavy atom. The zero-order valence-corrected chi connectivity index (χ0v) is 16.0. The van der Waals surface area contributed by atoms with Crippen molar-refractivity contribution in [1.29, 1.82) is 0 Å². The third-order valence-corrected chi connectivity index (χ3v) is 4.28. The standard InChI is InChI=1S/C19H24N4O5/c1-26-13-15-11-18(25)23(19(21-15)22-6-8-28-9-7-22)12-17(24)20-14-4-3-5-16(10-14)27-2/h3-5,10-11H,6-9,12-13H2,1-2H3,(H,20,24). The first-order valence-corrected chi connectivity index (χ1v) is 8.97. The van der Waals surface area contributed by atoms with Gasteiger partial charge in [-0.1, -0.05) is 6.07 Å². The minimum absolute atomic E-state index is 0.150. The van der Waals surface area contributed by atoms with Crippen LogP contribution < -0.4 is 20.5 Å². The number of nitrogens with zero attached hydrogens (tertiary/aromatic N) is 3. The maximum Gasteiger partial charge on any atom is 0.255 e. The van der Waals surface area contributed by atoms with Crippen molar-refractivity contribution in [2.24, 2.45) is 0 Å². The van der Waals surface area contributed by atoms with Crippen molar-refractivity contribution < 1.29 is 19.0 Å². The summed E-state index contributed by atoms with van der Waals surface area (Å²) in [6.07, 6.45) is 0. The minimum Gasteiger partial charge on any atom is -0.497 e. The second kappa shape index (κ2) is 9.34. The molecule has 28 heavy (non-hydrogen) atoms. The molecule has 0 radical (unpaired) electrons. The molecule has 1 aromatic carbocycles. The fraction of sp³-hybridized carbons (Fsp3) is 0.421. The van der Waals surface area contributed by atoms with E-state index in [1.807, 2.05) is 4.90 Å². The first-order chi connectivity index (χ1) is 13.6. The van der Waals surface area contributed by atoms with E-state index in [2.05, 4.69) is 10.3 Å². The zero-order chi connectivity index (χ0) is 19.9. The summed E-state index contributed by atoms with van der Waals surface area (Å²) in [7, 11) is 3.10. The molecule has 0 unspecified atom stereocenters. The number of aromatic nitrogens is 2. The summed E-state index contributed by atoms with van der Waals surface area (Å²) in [6.45, 7) is 2.36. The number of hydrogen-bond donors (Lipinski definition) is 1.